The molecule has 7 nitrogen and oxygen atoms in total. The highest BCUT2D eigenvalue weighted by molar-refractivity contribution is 7.85. The van der Waals surface area contributed by atoms with Gasteiger partial charge in [-0.05, 0) is 44.7 Å². The summed E-state index contributed by atoms with van der Waals surface area (Å²) in [6.07, 6.45) is 27.2. The van der Waals surface area contributed by atoms with Crippen molar-refractivity contribution in [3.05, 3.63) is 46.4 Å². The van der Waals surface area contributed by atoms with Crippen LogP contribution in [0, 0.1) is 13.8 Å². The highest BCUT2D eigenvalue weighted by Crippen LogP contribution is 2.19. The van der Waals surface area contributed by atoms with Crippen molar-refractivity contribution in [3.63, 3.8) is 0 Å². The van der Waals surface area contributed by atoms with E-state index in [1.54, 1.807) is 23.5 Å². The number of hydrogen-bond acceptors (Lipinski definition) is 7. The Balaban J connectivity index is 0.000000587. The molecule has 2 atom stereocenters. The van der Waals surface area contributed by atoms with E-state index >= 15 is 0 Å². The average Bonchev–Trinajstić information content (AvgIpc) is 3.68. The summed E-state index contributed by atoms with van der Waals surface area (Å²) < 4.78 is 51.2. The van der Waals surface area contributed by atoms with Crippen LogP contribution >= 0.6 is 11.3 Å². The minimum absolute atomic E-state index is 0.00126. The standard InChI is InChI=1S/C31H58NO3S.C7H8O3S/c1-3-4-5-6-7-8-9-10-11-12-13-14-15-16-19-22-31-34-26-30(35-31)25-33-24-21-18-17-20-23-32-28-36-27-29(32)2;1-6-2-4-7(5-3-6)11(8,9)10/h27-28,30-31H,3-26H2,1-2H3;2-5H,1H3,(H,8,9,10)/q+1;/p-1. The largest absolute Gasteiger partial charge is 0.744 e. The number of rotatable bonds is 26. The molecule has 2 heterocycles. The summed E-state index contributed by atoms with van der Waals surface area (Å²) in [6.45, 7) is 9.66. The Morgan fingerprint density at radius 3 is 1.91 bits per heavy atom. The predicted octanol–water partition coefficient (Wildman–Crippen LogP) is 9.82. The van der Waals surface area contributed by atoms with Crippen molar-refractivity contribution in [1.82, 2.24) is 0 Å². The van der Waals surface area contributed by atoms with E-state index in [4.69, 9.17) is 14.2 Å². The van der Waals surface area contributed by atoms with Crippen molar-refractivity contribution < 1.29 is 31.7 Å². The van der Waals surface area contributed by atoms with E-state index in [1.807, 2.05) is 6.92 Å². The van der Waals surface area contributed by atoms with E-state index in [0.717, 1.165) is 31.6 Å². The van der Waals surface area contributed by atoms with Gasteiger partial charge >= 0.3 is 0 Å². The molecule has 1 saturated heterocycles. The number of aryl methyl sites for hydroxylation is 3. The van der Waals surface area contributed by atoms with E-state index in [9.17, 15) is 13.0 Å². The second kappa shape index (κ2) is 26.5. The van der Waals surface area contributed by atoms with Crippen LogP contribution in [0.15, 0.2) is 40.1 Å². The summed E-state index contributed by atoms with van der Waals surface area (Å²) in [7, 11) is -4.27. The molecular weight excluding hydrogens is 631 g/mol. The van der Waals surface area contributed by atoms with Gasteiger partial charge in [-0.1, -0.05) is 132 Å². The average molecular weight is 696 g/mol. The van der Waals surface area contributed by atoms with Crippen LogP contribution in [0.25, 0.3) is 0 Å². The molecule has 270 valence electrons. The second-order valence-electron chi connectivity index (χ2n) is 13.2. The molecule has 1 fully saturated rings. The molecule has 0 bridgehead atoms. The van der Waals surface area contributed by atoms with Crippen molar-refractivity contribution in [1.29, 1.82) is 0 Å². The van der Waals surface area contributed by atoms with Crippen LogP contribution in [0.4, 0.5) is 0 Å². The Bertz CT molecular complexity index is 1120. The zero-order valence-electron chi connectivity index (χ0n) is 29.8. The number of nitrogens with zero attached hydrogens (tertiary/aromatic N) is 1. The zero-order valence-corrected chi connectivity index (χ0v) is 31.4. The Hall–Kier alpha value is -1.36. The molecule has 0 N–H and O–H groups in total. The molecular formula is C38H65NO6S2. The van der Waals surface area contributed by atoms with Gasteiger partial charge in [-0.2, -0.15) is 4.57 Å². The van der Waals surface area contributed by atoms with Gasteiger partial charge in [0.15, 0.2) is 12.0 Å². The van der Waals surface area contributed by atoms with Crippen molar-refractivity contribution >= 4 is 21.5 Å². The highest BCUT2D eigenvalue weighted by atomic mass is 32.2. The number of ether oxygens (including phenoxy) is 3. The minimum Gasteiger partial charge on any atom is -0.744 e. The van der Waals surface area contributed by atoms with E-state index < -0.39 is 10.1 Å². The zero-order chi connectivity index (χ0) is 34.0. The fraction of sp³-hybridized carbons (Fsp3) is 0.763. The van der Waals surface area contributed by atoms with Gasteiger partial charge in [-0.3, -0.25) is 0 Å². The molecule has 0 amide bonds. The molecule has 47 heavy (non-hydrogen) atoms. The van der Waals surface area contributed by atoms with Gasteiger partial charge < -0.3 is 18.8 Å². The molecule has 1 aliphatic heterocycles. The molecule has 0 aliphatic carbocycles. The predicted molar refractivity (Wildman–Crippen MR) is 192 cm³/mol. The lowest BCUT2D eigenvalue weighted by atomic mass is 10.0. The molecule has 2 aromatic rings. The maximum atomic E-state index is 10.4. The van der Waals surface area contributed by atoms with Crippen molar-refractivity contribution in [3.8, 4) is 0 Å². The number of hydrogen-bond donors (Lipinski definition) is 0. The van der Waals surface area contributed by atoms with Gasteiger partial charge in [-0.15, -0.1) is 0 Å². The lowest BCUT2D eigenvalue weighted by Crippen LogP contribution is -2.33. The van der Waals surface area contributed by atoms with Crippen LogP contribution in [-0.4, -0.2) is 45.2 Å². The molecule has 0 saturated carbocycles. The third-order valence-corrected chi connectivity index (χ3v) is 10.5. The smallest absolute Gasteiger partial charge is 0.224 e. The normalized spacial score (nSPS) is 16.3. The van der Waals surface area contributed by atoms with Crippen molar-refractivity contribution in [2.24, 2.45) is 0 Å². The quantitative estimate of drug-likeness (QED) is 0.0553. The first-order valence-electron chi connectivity index (χ1n) is 18.6. The monoisotopic (exact) mass is 695 g/mol. The van der Waals surface area contributed by atoms with Crippen LogP contribution in [0.5, 0.6) is 0 Å². The van der Waals surface area contributed by atoms with Crippen molar-refractivity contribution in [2.45, 2.75) is 173 Å². The van der Waals surface area contributed by atoms with Crippen LogP contribution < -0.4 is 4.57 Å². The fourth-order valence-electron chi connectivity index (χ4n) is 5.77. The van der Waals surface area contributed by atoms with Gasteiger partial charge in [0.05, 0.1) is 23.5 Å². The molecule has 0 spiro atoms. The van der Waals surface area contributed by atoms with Gasteiger partial charge in [-0.25, -0.2) is 8.42 Å². The minimum atomic E-state index is -4.27. The van der Waals surface area contributed by atoms with Gasteiger partial charge in [0.2, 0.25) is 5.51 Å². The van der Waals surface area contributed by atoms with Gasteiger partial charge in [0, 0.05) is 20.0 Å². The van der Waals surface area contributed by atoms with Crippen molar-refractivity contribution in [2.75, 3.05) is 19.8 Å². The molecule has 0 radical (unpaired) electrons. The van der Waals surface area contributed by atoms with Gasteiger partial charge in [0.25, 0.3) is 0 Å². The molecule has 1 aromatic carbocycles. The summed E-state index contributed by atoms with van der Waals surface area (Å²) in [5, 5.41) is 2.22. The van der Waals surface area contributed by atoms with Crippen LogP contribution in [0.3, 0.4) is 0 Å². The Morgan fingerprint density at radius 2 is 1.36 bits per heavy atom. The van der Waals surface area contributed by atoms with E-state index in [0.29, 0.717) is 13.2 Å². The number of aromatic nitrogens is 1. The number of benzene rings is 1. The molecule has 2 unspecified atom stereocenters. The first-order valence-corrected chi connectivity index (χ1v) is 20.9. The first-order chi connectivity index (χ1) is 22.8. The Kier molecular flexibility index (Phi) is 23.6. The van der Waals surface area contributed by atoms with E-state index in [-0.39, 0.29) is 17.3 Å². The lowest BCUT2D eigenvalue weighted by molar-refractivity contribution is -0.698. The maximum Gasteiger partial charge on any atom is 0.224 e. The molecule has 9 heteroatoms. The third-order valence-electron chi connectivity index (χ3n) is 8.79. The second-order valence-corrected chi connectivity index (χ2v) is 15.3. The number of unbranched alkanes of at least 4 members (excludes halogenated alkanes) is 17. The van der Waals surface area contributed by atoms with Crippen LogP contribution in [0.1, 0.15) is 147 Å². The summed E-state index contributed by atoms with van der Waals surface area (Å²) in [5.41, 5.74) is 4.52. The maximum absolute atomic E-state index is 10.4. The Labute approximate surface area is 291 Å². The third kappa shape index (κ3) is 21.4. The first kappa shape index (κ1) is 41.8. The molecule has 1 aromatic heterocycles. The van der Waals surface area contributed by atoms with Gasteiger partial charge in [0.1, 0.15) is 22.8 Å². The summed E-state index contributed by atoms with van der Waals surface area (Å²) in [6, 6.07) is 5.78. The summed E-state index contributed by atoms with van der Waals surface area (Å²) >= 11 is 1.79. The fourth-order valence-corrected chi connectivity index (χ4v) is 7.05. The molecule has 1 aliphatic rings. The van der Waals surface area contributed by atoms with Crippen LogP contribution in [-0.2, 0) is 30.9 Å². The Morgan fingerprint density at radius 1 is 0.809 bits per heavy atom. The summed E-state index contributed by atoms with van der Waals surface area (Å²) in [5.74, 6) is 0. The van der Waals surface area contributed by atoms with Crippen LogP contribution in [0.2, 0.25) is 0 Å². The lowest BCUT2D eigenvalue weighted by Gasteiger charge is -2.12. The van der Waals surface area contributed by atoms with E-state index in [1.165, 1.54) is 133 Å². The summed E-state index contributed by atoms with van der Waals surface area (Å²) in [4.78, 5) is -0.178. The highest BCUT2D eigenvalue weighted by Gasteiger charge is 2.25. The number of thiazole rings is 1. The molecule has 3 rings (SSSR count). The van der Waals surface area contributed by atoms with E-state index in [2.05, 4.69) is 29.3 Å². The SMILES string of the molecule is CCCCCCCCCCCCCCCCCC1OCC(COCCCCCC[n+]2cscc2C)O1.Cc1ccc(S(=O)(=O)[O-])cc1. The topological polar surface area (TPSA) is 88.8 Å².